The molecule has 1 heterocycles. The Hall–Kier alpha value is -2.88. The molecule has 4 nitrogen and oxygen atoms in total. The molecule has 1 unspecified atom stereocenters. The smallest absolute Gasteiger partial charge is 0.331 e. The molecule has 1 aliphatic heterocycles. The van der Waals surface area contributed by atoms with E-state index in [2.05, 4.69) is 47.3 Å². The van der Waals surface area contributed by atoms with Crippen molar-refractivity contribution in [2.24, 2.45) is 5.92 Å². The number of rotatable bonds is 6. The quantitative estimate of drug-likeness (QED) is 0.395. The molecule has 3 rings (SSSR count). The van der Waals surface area contributed by atoms with Crippen LogP contribution in [0.2, 0.25) is 0 Å². The highest BCUT2D eigenvalue weighted by Crippen LogP contribution is 2.51. The van der Waals surface area contributed by atoms with Crippen LogP contribution < -0.4 is 4.74 Å². The fraction of sp³-hybridized carbons (Fsp3) is 0.385. The predicted molar refractivity (Wildman–Crippen MR) is 118 cm³/mol. The summed E-state index contributed by atoms with van der Waals surface area (Å²) in [5, 5.41) is 9.54. The first-order chi connectivity index (χ1) is 14.0. The zero-order valence-corrected chi connectivity index (χ0v) is 18.4. The molecular weight excluding hydrogens is 376 g/mol. The van der Waals surface area contributed by atoms with Gasteiger partial charge in [-0.3, -0.25) is 4.79 Å². The van der Waals surface area contributed by atoms with Crippen molar-refractivity contribution >= 4 is 11.9 Å². The molecule has 0 aliphatic carbocycles. The average Bonchev–Trinajstić information content (AvgIpc) is 2.94. The molecule has 2 aromatic carbocycles. The molecule has 0 bridgehead atoms. The Morgan fingerprint density at radius 3 is 2.33 bits per heavy atom. The van der Waals surface area contributed by atoms with Crippen LogP contribution in [0.3, 0.4) is 0 Å². The van der Waals surface area contributed by atoms with E-state index in [4.69, 9.17) is 4.74 Å². The Balaban J connectivity index is 2.35. The molecule has 0 saturated heterocycles. The van der Waals surface area contributed by atoms with Crippen molar-refractivity contribution in [3.63, 3.8) is 0 Å². The summed E-state index contributed by atoms with van der Waals surface area (Å²) < 4.78 is 5.88. The minimum atomic E-state index is -1.22. The van der Waals surface area contributed by atoms with Gasteiger partial charge >= 0.3 is 11.9 Å². The van der Waals surface area contributed by atoms with Crippen LogP contribution >= 0.6 is 0 Å². The third kappa shape index (κ3) is 3.79. The van der Waals surface area contributed by atoms with Crippen LogP contribution in [0.5, 0.6) is 5.75 Å². The fourth-order valence-corrected chi connectivity index (χ4v) is 4.10. The minimum Gasteiger partial charge on any atom is -0.478 e. The first-order valence-electron chi connectivity index (χ1n) is 10.3. The summed E-state index contributed by atoms with van der Waals surface area (Å²) in [6.45, 7) is 14.4. The SMILES string of the molecule is C=C(CC1(c2ccccc2)C(=O)Oc2c(CC(C)C)cc(C(C)(C)C)cc21)C(=O)O. The van der Waals surface area contributed by atoms with Gasteiger partial charge in [0.1, 0.15) is 11.2 Å². The van der Waals surface area contributed by atoms with Gasteiger partial charge in [0.15, 0.2) is 0 Å². The molecule has 4 heteroatoms. The van der Waals surface area contributed by atoms with Crippen LogP contribution in [0.1, 0.15) is 63.3 Å². The molecule has 0 amide bonds. The van der Waals surface area contributed by atoms with E-state index in [1.54, 1.807) is 0 Å². The van der Waals surface area contributed by atoms with Crippen molar-refractivity contribution < 1.29 is 19.4 Å². The second-order valence-corrected chi connectivity index (χ2v) is 9.61. The topological polar surface area (TPSA) is 63.6 Å². The standard InChI is InChI=1S/C26H30O4/c1-16(2)12-18-13-20(25(4,5)6)14-21-22(18)30-24(29)26(21,15-17(3)23(27)28)19-10-8-7-9-11-19/h7-11,13-14,16H,3,12,15H2,1-2,4-6H3,(H,27,28). The number of esters is 1. The lowest BCUT2D eigenvalue weighted by Gasteiger charge is -2.29. The number of aliphatic carboxylic acids is 1. The summed E-state index contributed by atoms with van der Waals surface area (Å²) in [4.78, 5) is 25.1. The van der Waals surface area contributed by atoms with Crippen molar-refractivity contribution in [1.82, 2.24) is 0 Å². The lowest BCUT2D eigenvalue weighted by molar-refractivity contribution is -0.137. The Kier molecular flexibility index (Phi) is 5.64. The molecule has 30 heavy (non-hydrogen) atoms. The summed E-state index contributed by atoms with van der Waals surface area (Å²) >= 11 is 0. The number of hydrogen-bond donors (Lipinski definition) is 1. The van der Waals surface area contributed by atoms with E-state index < -0.39 is 17.4 Å². The number of hydrogen-bond acceptors (Lipinski definition) is 3. The Morgan fingerprint density at radius 2 is 1.80 bits per heavy atom. The predicted octanol–water partition coefficient (Wildman–Crippen LogP) is 5.42. The number of carbonyl (C=O) groups is 2. The van der Waals surface area contributed by atoms with Gasteiger partial charge in [-0.1, -0.05) is 83.7 Å². The minimum absolute atomic E-state index is 0.0183. The summed E-state index contributed by atoms with van der Waals surface area (Å²) in [5.74, 6) is -0.601. The number of carboxylic acids is 1. The highest BCUT2D eigenvalue weighted by atomic mass is 16.5. The van der Waals surface area contributed by atoms with Crippen molar-refractivity contribution in [3.05, 3.63) is 76.9 Å². The van der Waals surface area contributed by atoms with Crippen molar-refractivity contribution in [2.75, 3.05) is 0 Å². The van der Waals surface area contributed by atoms with Crippen LogP contribution in [0.4, 0.5) is 0 Å². The largest absolute Gasteiger partial charge is 0.478 e. The molecule has 0 spiro atoms. The average molecular weight is 407 g/mol. The van der Waals surface area contributed by atoms with E-state index in [1.807, 2.05) is 36.4 Å². The lowest BCUT2D eigenvalue weighted by Crippen LogP contribution is -2.36. The third-order valence-electron chi connectivity index (χ3n) is 5.71. The lowest BCUT2D eigenvalue weighted by atomic mass is 9.69. The molecular formula is C26H30O4. The van der Waals surface area contributed by atoms with E-state index in [1.165, 1.54) is 0 Å². The van der Waals surface area contributed by atoms with Gasteiger partial charge in [-0.15, -0.1) is 0 Å². The maximum atomic E-state index is 13.5. The molecule has 1 N–H and O–H groups in total. The Labute approximate surface area is 178 Å². The van der Waals surface area contributed by atoms with Crippen LogP contribution in [0, 0.1) is 5.92 Å². The summed E-state index contributed by atoms with van der Waals surface area (Å²) in [6.07, 6.45) is 0.733. The van der Waals surface area contributed by atoms with E-state index >= 15 is 0 Å². The molecule has 158 valence electrons. The highest BCUT2D eigenvalue weighted by Gasteiger charge is 2.52. The van der Waals surface area contributed by atoms with Crippen molar-refractivity contribution in [2.45, 2.75) is 58.3 Å². The van der Waals surface area contributed by atoms with Gasteiger partial charge in [0.05, 0.1) is 0 Å². The van der Waals surface area contributed by atoms with Gasteiger partial charge in [0.2, 0.25) is 0 Å². The zero-order chi connectivity index (χ0) is 22.3. The van der Waals surface area contributed by atoms with E-state index in [-0.39, 0.29) is 17.4 Å². The number of ether oxygens (including phenoxy) is 1. The third-order valence-corrected chi connectivity index (χ3v) is 5.71. The Morgan fingerprint density at radius 1 is 1.17 bits per heavy atom. The fourth-order valence-electron chi connectivity index (χ4n) is 4.10. The van der Waals surface area contributed by atoms with Gasteiger partial charge < -0.3 is 9.84 Å². The van der Waals surface area contributed by atoms with Crippen LogP contribution in [-0.2, 0) is 26.8 Å². The summed E-state index contributed by atoms with van der Waals surface area (Å²) in [7, 11) is 0. The van der Waals surface area contributed by atoms with Gasteiger partial charge in [-0.05, 0) is 34.4 Å². The second-order valence-electron chi connectivity index (χ2n) is 9.61. The first kappa shape index (κ1) is 21.8. The number of carbonyl (C=O) groups excluding carboxylic acids is 1. The van der Waals surface area contributed by atoms with Crippen molar-refractivity contribution in [3.8, 4) is 5.75 Å². The number of fused-ring (bicyclic) bond motifs is 1. The zero-order valence-electron chi connectivity index (χ0n) is 18.4. The maximum Gasteiger partial charge on any atom is 0.331 e. The summed E-state index contributed by atoms with van der Waals surface area (Å²) in [5.41, 5.74) is 2.16. The van der Waals surface area contributed by atoms with Gasteiger partial charge in [0.25, 0.3) is 0 Å². The second kappa shape index (κ2) is 7.75. The number of benzene rings is 2. The van der Waals surface area contributed by atoms with Crippen LogP contribution in [0.25, 0.3) is 0 Å². The van der Waals surface area contributed by atoms with E-state index in [0.29, 0.717) is 11.7 Å². The monoisotopic (exact) mass is 406 g/mol. The van der Waals surface area contributed by atoms with Crippen LogP contribution in [-0.4, -0.2) is 17.0 Å². The van der Waals surface area contributed by atoms with E-state index in [9.17, 15) is 14.7 Å². The van der Waals surface area contributed by atoms with Gasteiger partial charge in [-0.2, -0.15) is 0 Å². The van der Waals surface area contributed by atoms with Gasteiger partial charge in [-0.25, -0.2) is 4.79 Å². The molecule has 2 aromatic rings. The number of carboxylic acid groups (broad SMARTS) is 1. The normalized spacial score (nSPS) is 18.3. The Bertz CT molecular complexity index is 996. The van der Waals surface area contributed by atoms with Gasteiger partial charge in [0, 0.05) is 17.6 Å². The molecule has 1 aliphatic rings. The molecule has 0 aromatic heterocycles. The maximum absolute atomic E-state index is 13.5. The van der Waals surface area contributed by atoms with E-state index in [0.717, 1.165) is 28.7 Å². The highest BCUT2D eigenvalue weighted by molar-refractivity contribution is 5.97. The van der Waals surface area contributed by atoms with Crippen molar-refractivity contribution in [1.29, 1.82) is 0 Å². The summed E-state index contributed by atoms with van der Waals surface area (Å²) in [6, 6.07) is 13.4. The molecule has 0 radical (unpaired) electrons. The first-order valence-corrected chi connectivity index (χ1v) is 10.3. The van der Waals surface area contributed by atoms with Crippen LogP contribution in [0.15, 0.2) is 54.6 Å². The molecule has 0 saturated carbocycles. The molecule has 0 fully saturated rings. The molecule has 1 atom stereocenters.